The zero-order valence-electron chi connectivity index (χ0n) is 9.48. The van der Waals surface area contributed by atoms with Crippen LogP contribution in [0.4, 0.5) is 0 Å². The van der Waals surface area contributed by atoms with Crippen molar-refractivity contribution >= 4 is 11.7 Å². The molecule has 1 aromatic rings. The highest BCUT2D eigenvalue weighted by molar-refractivity contribution is 6.28. The van der Waals surface area contributed by atoms with E-state index in [1.54, 1.807) is 14.0 Å². The van der Waals surface area contributed by atoms with Crippen molar-refractivity contribution in [3.8, 4) is 5.75 Å². The van der Waals surface area contributed by atoms with Crippen molar-refractivity contribution < 1.29 is 14.3 Å². The first kappa shape index (κ1) is 10.7. The van der Waals surface area contributed by atoms with E-state index in [0.717, 1.165) is 17.0 Å². The van der Waals surface area contributed by atoms with Gasteiger partial charge in [-0.1, -0.05) is 0 Å². The molecule has 16 heavy (non-hydrogen) atoms. The van der Waals surface area contributed by atoms with Crippen LogP contribution in [0.25, 0.3) is 0 Å². The number of hydrogen-bond donors (Lipinski definition) is 0. The minimum absolute atomic E-state index is 0.321. The Labute approximate surface area is 93.9 Å². The Hall–Kier alpha value is -1.84. The molecule has 0 fully saturated rings. The summed E-state index contributed by atoms with van der Waals surface area (Å²) in [5.41, 5.74) is 0.902. The Balaban J connectivity index is 2.16. The van der Waals surface area contributed by atoms with Gasteiger partial charge in [0.25, 0.3) is 0 Å². The van der Waals surface area contributed by atoms with Gasteiger partial charge in [-0.25, -0.2) is 4.79 Å². The first-order chi connectivity index (χ1) is 7.61. The molecule has 0 spiro atoms. The fourth-order valence-corrected chi connectivity index (χ4v) is 1.63. The third-order valence-electron chi connectivity index (χ3n) is 2.69. The van der Waals surface area contributed by atoms with Gasteiger partial charge in [0, 0.05) is 0 Å². The SMILES string of the molecule is COC(=O)[C@]1(C)N=C1c1ccc(OC)cc1. The molecule has 84 valence electrons. The fourth-order valence-electron chi connectivity index (χ4n) is 1.63. The molecule has 4 heteroatoms. The number of ether oxygens (including phenoxy) is 2. The number of aliphatic imine (C=N–C) groups is 1. The minimum Gasteiger partial charge on any atom is -0.497 e. The maximum Gasteiger partial charge on any atom is 0.339 e. The third-order valence-corrected chi connectivity index (χ3v) is 2.69. The van der Waals surface area contributed by atoms with Gasteiger partial charge >= 0.3 is 5.97 Å². The number of nitrogens with zero attached hydrogens (tertiary/aromatic N) is 1. The summed E-state index contributed by atoms with van der Waals surface area (Å²) in [7, 11) is 2.98. The first-order valence-electron chi connectivity index (χ1n) is 4.95. The summed E-state index contributed by atoms with van der Waals surface area (Å²) in [6.07, 6.45) is 0. The molecule has 0 saturated carbocycles. The van der Waals surface area contributed by atoms with E-state index in [1.165, 1.54) is 7.11 Å². The van der Waals surface area contributed by atoms with E-state index in [-0.39, 0.29) is 5.97 Å². The molecule has 1 aromatic carbocycles. The molecule has 0 unspecified atom stereocenters. The lowest BCUT2D eigenvalue weighted by molar-refractivity contribution is -0.142. The molecule has 0 radical (unpaired) electrons. The molecule has 0 saturated heterocycles. The monoisotopic (exact) mass is 219 g/mol. The molecule has 2 rings (SSSR count). The summed E-state index contributed by atoms with van der Waals surface area (Å²) in [5, 5.41) is 0. The van der Waals surface area contributed by atoms with E-state index in [1.807, 2.05) is 24.3 Å². The summed E-state index contributed by atoms with van der Waals surface area (Å²) in [6.45, 7) is 1.75. The van der Waals surface area contributed by atoms with Crippen molar-refractivity contribution in [1.82, 2.24) is 0 Å². The molecule has 0 N–H and O–H groups in total. The van der Waals surface area contributed by atoms with Gasteiger partial charge in [-0.3, -0.25) is 4.99 Å². The van der Waals surface area contributed by atoms with Gasteiger partial charge < -0.3 is 9.47 Å². The normalized spacial score (nSPS) is 22.3. The second kappa shape index (κ2) is 3.63. The molecule has 1 aliphatic rings. The second-order valence-electron chi connectivity index (χ2n) is 3.75. The highest BCUT2D eigenvalue weighted by Gasteiger charge is 2.51. The van der Waals surface area contributed by atoms with Gasteiger partial charge in [0.05, 0.1) is 19.9 Å². The average Bonchev–Trinajstić information content (AvgIpc) is 3.02. The van der Waals surface area contributed by atoms with Gasteiger partial charge in [0.1, 0.15) is 5.75 Å². The fraction of sp³-hybridized carbons (Fsp3) is 0.333. The van der Waals surface area contributed by atoms with Crippen LogP contribution < -0.4 is 4.74 Å². The zero-order valence-corrected chi connectivity index (χ0v) is 9.48. The minimum atomic E-state index is -0.788. The lowest BCUT2D eigenvalue weighted by Gasteiger charge is -2.06. The maximum absolute atomic E-state index is 11.4. The Morgan fingerprint density at radius 3 is 2.38 bits per heavy atom. The van der Waals surface area contributed by atoms with Crippen molar-refractivity contribution in [2.45, 2.75) is 12.5 Å². The van der Waals surface area contributed by atoms with Gasteiger partial charge in [-0.2, -0.15) is 0 Å². The largest absolute Gasteiger partial charge is 0.497 e. The smallest absolute Gasteiger partial charge is 0.339 e. The summed E-state index contributed by atoms with van der Waals surface area (Å²) in [4.78, 5) is 15.6. The molecule has 1 aliphatic heterocycles. The zero-order chi connectivity index (χ0) is 11.8. The van der Waals surface area contributed by atoms with E-state index in [9.17, 15) is 4.79 Å². The first-order valence-corrected chi connectivity index (χ1v) is 4.95. The van der Waals surface area contributed by atoms with Crippen molar-refractivity contribution in [2.75, 3.05) is 14.2 Å². The number of methoxy groups -OCH3 is 2. The average molecular weight is 219 g/mol. The van der Waals surface area contributed by atoms with Crippen LogP contribution in [-0.4, -0.2) is 31.4 Å². The predicted octanol–water partition coefficient (Wildman–Crippen LogP) is 1.43. The van der Waals surface area contributed by atoms with Crippen LogP contribution in [-0.2, 0) is 9.53 Å². The Morgan fingerprint density at radius 1 is 1.25 bits per heavy atom. The van der Waals surface area contributed by atoms with Crippen molar-refractivity contribution in [3.05, 3.63) is 29.8 Å². The van der Waals surface area contributed by atoms with Crippen LogP contribution in [0.1, 0.15) is 12.5 Å². The van der Waals surface area contributed by atoms with E-state index in [0.29, 0.717) is 0 Å². The van der Waals surface area contributed by atoms with Crippen LogP contribution >= 0.6 is 0 Å². The van der Waals surface area contributed by atoms with Gasteiger partial charge in [-0.05, 0) is 36.8 Å². The summed E-state index contributed by atoms with van der Waals surface area (Å²) >= 11 is 0. The number of rotatable bonds is 3. The van der Waals surface area contributed by atoms with Gasteiger partial charge in [0.2, 0.25) is 0 Å². The van der Waals surface area contributed by atoms with Gasteiger partial charge in [-0.15, -0.1) is 0 Å². The third kappa shape index (κ3) is 1.56. The molecule has 0 aromatic heterocycles. The number of hydrogen-bond acceptors (Lipinski definition) is 4. The van der Waals surface area contributed by atoms with Gasteiger partial charge in [0.15, 0.2) is 5.54 Å². The molecule has 1 heterocycles. The molecule has 0 aliphatic carbocycles. The highest BCUT2D eigenvalue weighted by Crippen LogP contribution is 2.33. The predicted molar refractivity (Wildman–Crippen MR) is 60.0 cm³/mol. The lowest BCUT2D eigenvalue weighted by atomic mass is 10.0. The van der Waals surface area contributed by atoms with Crippen LogP contribution in [0.15, 0.2) is 29.3 Å². The van der Waals surface area contributed by atoms with Crippen molar-refractivity contribution in [1.29, 1.82) is 0 Å². The van der Waals surface area contributed by atoms with Crippen molar-refractivity contribution in [3.63, 3.8) is 0 Å². The van der Waals surface area contributed by atoms with E-state index in [4.69, 9.17) is 9.47 Å². The molecule has 0 bridgehead atoms. The topological polar surface area (TPSA) is 47.9 Å². The summed E-state index contributed by atoms with van der Waals surface area (Å²) in [5.74, 6) is 0.461. The molecular formula is C12H13NO3. The standard InChI is InChI=1S/C12H13NO3/c1-12(11(14)16-3)10(13-12)8-4-6-9(15-2)7-5-8/h4-7H,1-3H3/t12-/m1/s1. The molecule has 1 atom stereocenters. The number of benzene rings is 1. The molecular weight excluding hydrogens is 206 g/mol. The second-order valence-corrected chi connectivity index (χ2v) is 3.75. The molecule has 4 nitrogen and oxygen atoms in total. The highest BCUT2D eigenvalue weighted by atomic mass is 16.5. The number of carbonyl (C=O) groups is 1. The van der Waals surface area contributed by atoms with Crippen molar-refractivity contribution in [2.24, 2.45) is 4.99 Å². The van der Waals surface area contributed by atoms with Crippen LogP contribution in [0.2, 0.25) is 0 Å². The Bertz CT molecular complexity index is 450. The van der Waals surface area contributed by atoms with E-state index < -0.39 is 5.54 Å². The van der Waals surface area contributed by atoms with Crippen LogP contribution in [0.5, 0.6) is 5.75 Å². The Kier molecular flexibility index (Phi) is 2.42. The van der Waals surface area contributed by atoms with Crippen LogP contribution in [0, 0.1) is 0 Å². The van der Waals surface area contributed by atoms with E-state index >= 15 is 0 Å². The van der Waals surface area contributed by atoms with E-state index in [2.05, 4.69) is 4.99 Å². The Morgan fingerprint density at radius 2 is 1.88 bits per heavy atom. The number of esters is 1. The summed E-state index contributed by atoms with van der Waals surface area (Å²) < 4.78 is 9.75. The quantitative estimate of drug-likeness (QED) is 0.722. The molecule has 0 amide bonds. The number of carbonyl (C=O) groups excluding carboxylic acids is 1. The van der Waals surface area contributed by atoms with Crippen LogP contribution in [0.3, 0.4) is 0 Å². The lowest BCUT2D eigenvalue weighted by Crippen LogP contribution is -2.28. The maximum atomic E-state index is 11.4. The summed E-state index contributed by atoms with van der Waals surface area (Å²) in [6, 6.07) is 7.44.